The summed E-state index contributed by atoms with van der Waals surface area (Å²) in [4.78, 5) is 11.8. The Morgan fingerprint density at radius 1 is 1.24 bits per heavy atom. The molecule has 0 aliphatic heterocycles. The van der Waals surface area contributed by atoms with Crippen LogP contribution in [-0.2, 0) is 4.79 Å². The van der Waals surface area contributed by atoms with Gasteiger partial charge in [-0.2, -0.15) is 0 Å². The molecule has 0 aliphatic carbocycles. The molecule has 17 heavy (non-hydrogen) atoms. The molecule has 0 aliphatic rings. The third kappa shape index (κ3) is 7.37. The van der Waals surface area contributed by atoms with Gasteiger partial charge in [0.2, 0.25) is 5.91 Å². The van der Waals surface area contributed by atoms with Crippen LogP contribution < -0.4 is 5.32 Å². The molecule has 2 unspecified atom stereocenters. The van der Waals surface area contributed by atoms with E-state index < -0.39 is 0 Å². The van der Waals surface area contributed by atoms with Gasteiger partial charge in [0, 0.05) is 6.42 Å². The molecule has 0 bridgehead atoms. The van der Waals surface area contributed by atoms with E-state index in [9.17, 15) is 9.90 Å². The third-order valence-electron chi connectivity index (χ3n) is 3.31. The molecule has 0 aromatic carbocycles. The van der Waals surface area contributed by atoms with Crippen molar-refractivity contribution in [1.82, 2.24) is 5.32 Å². The first-order chi connectivity index (χ1) is 7.66. The maximum Gasteiger partial charge on any atom is 0.220 e. The first kappa shape index (κ1) is 16.4. The molecule has 0 aromatic heterocycles. The van der Waals surface area contributed by atoms with E-state index >= 15 is 0 Å². The van der Waals surface area contributed by atoms with Gasteiger partial charge in [0.15, 0.2) is 0 Å². The molecule has 0 radical (unpaired) electrons. The number of hydrogen-bond donors (Lipinski definition) is 2. The highest BCUT2D eigenvalue weighted by molar-refractivity contribution is 5.76. The molecule has 0 saturated carbocycles. The number of aliphatic hydroxyl groups excluding tert-OH is 1. The summed E-state index contributed by atoms with van der Waals surface area (Å²) in [6.45, 7) is 12.7. The summed E-state index contributed by atoms with van der Waals surface area (Å²) in [5.41, 5.74) is 0.143. The SMILES string of the molecule is CC(C)CC(CO)NC(=O)CC(C)C(C)(C)C. The highest BCUT2D eigenvalue weighted by Crippen LogP contribution is 2.27. The minimum Gasteiger partial charge on any atom is -0.394 e. The molecule has 1 amide bonds. The highest BCUT2D eigenvalue weighted by atomic mass is 16.3. The van der Waals surface area contributed by atoms with Crippen LogP contribution in [0.4, 0.5) is 0 Å². The second-order valence-corrected chi connectivity index (χ2v) is 6.55. The van der Waals surface area contributed by atoms with Crippen LogP contribution in [0.3, 0.4) is 0 Å². The van der Waals surface area contributed by atoms with E-state index in [-0.39, 0.29) is 24.0 Å². The van der Waals surface area contributed by atoms with Crippen molar-refractivity contribution in [3.8, 4) is 0 Å². The van der Waals surface area contributed by atoms with Gasteiger partial charge in [-0.25, -0.2) is 0 Å². The van der Waals surface area contributed by atoms with Gasteiger partial charge in [-0.3, -0.25) is 4.79 Å². The third-order valence-corrected chi connectivity index (χ3v) is 3.31. The van der Waals surface area contributed by atoms with Crippen molar-refractivity contribution in [1.29, 1.82) is 0 Å². The summed E-state index contributed by atoms with van der Waals surface area (Å²) in [6.07, 6.45) is 1.35. The van der Waals surface area contributed by atoms with Gasteiger partial charge in [0.05, 0.1) is 12.6 Å². The number of carbonyl (C=O) groups is 1. The Labute approximate surface area is 106 Å². The molecule has 2 atom stereocenters. The highest BCUT2D eigenvalue weighted by Gasteiger charge is 2.23. The van der Waals surface area contributed by atoms with Gasteiger partial charge in [-0.15, -0.1) is 0 Å². The van der Waals surface area contributed by atoms with Gasteiger partial charge >= 0.3 is 0 Å². The molecule has 3 nitrogen and oxygen atoms in total. The quantitative estimate of drug-likeness (QED) is 0.753. The van der Waals surface area contributed by atoms with E-state index in [1.54, 1.807) is 0 Å². The van der Waals surface area contributed by atoms with Crippen LogP contribution in [0, 0.1) is 17.3 Å². The average molecular weight is 243 g/mol. The zero-order valence-corrected chi connectivity index (χ0v) is 12.2. The van der Waals surface area contributed by atoms with Crippen molar-refractivity contribution in [2.45, 2.75) is 60.4 Å². The Morgan fingerprint density at radius 3 is 2.12 bits per heavy atom. The number of rotatable bonds is 6. The molecular weight excluding hydrogens is 214 g/mol. The van der Waals surface area contributed by atoms with Crippen LogP contribution in [0.5, 0.6) is 0 Å². The van der Waals surface area contributed by atoms with Crippen LogP contribution in [0.15, 0.2) is 0 Å². The molecule has 0 heterocycles. The van der Waals surface area contributed by atoms with Crippen LogP contribution in [0.1, 0.15) is 54.4 Å². The second kappa shape index (κ2) is 7.00. The van der Waals surface area contributed by atoms with E-state index in [2.05, 4.69) is 46.9 Å². The number of hydrogen-bond acceptors (Lipinski definition) is 2. The lowest BCUT2D eigenvalue weighted by atomic mass is 9.80. The zero-order valence-electron chi connectivity index (χ0n) is 12.2. The van der Waals surface area contributed by atoms with Crippen LogP contribution in [0.25, 0.3) is 0 Å². The summed E-state index contributed by atoms with van der Waals surface area (Å²) in [7, 11) is 0. The summed E-state index contributed by atoms with van der Waals surface area (Å²) < 4.78 is 0. The van der Waals surface area contributed by atoms with Crippen molar-refractivity contribution in [3.63, 3.8) is 0 Å². The van der Waals surface area contributed by atoms with Crippen molar-refractivity contribution >= 4 is 5.91 Å². The van der Waals surface area contributed by atoms with Gasteiger partial charge in [-0.05, 0) is 23.7 Å². The van der Waals surface area contributed by atoms with E-state index in [0.29, 0.717) is 18.3 Å². The Balaban J connectivity index is 4.16. The average Bonchev–Trinajstić information content (AvgIpc) is 2.14. The monoisotopic (exact) mass is 243 g/mol. The van der Waals surface area contributed by atoms with Crippen molar-refractivity contribution in [2.24, 2.45) is 17.3 Å². The lowest BCUT2D eigenvalue weighted by Gasteiger charge is -2.27. The fourth-order valence-corrected chi connectivity index (χ4v) is 1.62. The van der Waals surface area contributed by atoms with Crippen molar-refractivity contribution in [3.05, 3.63) is 0 Å². The molecule has 0 fully saturated rings. The fourth-order valence-electron chi connectivity index (χ4n) is 1.62. The molecule has 2 N–H and O–H groups in total. The first-order valence-corrected chi connectivity index (χ1v) is 6.57. The molecule has 0 aromatic rings. The minimum absolute atomic E-state index is 0.0216. The molecule has 3 heteroatoms. The van der Waals surface area contributed by atoms with E-state index in [1.807, 2.05) is 0 Å². The lowest BCUT2D eigenvalue weighted by Crippen LogP contribution is -2.39. The fraction of sp³-hybridized carbons (Fsp3) is 0.929. The van der Waals surface area contributed by atoms with Crippen LogP contribution >= 0.6 is 0 Å². The van der Waals surface area contributed by atoms with Gasteiger partial charge in [0.1, 0.15) is 0 Å². The zero-order chi connectivity index (χ0) is 13.6. The summed E-state index contributed by atoms with van der Waals surface area (Å²) in [5, 5.41) is 12.1. The van der Waals surface area contributed by atoms with Crippen LogP contribution in [-0.4, -0.2) is 23.7 Å². The second-order valence-electron chi connectivity index (χ2n) is 6.55. The predicted molar refractivity (Wildman–Crippen MR) is 71.7 cm³/mol. The lowest BCUT2D eigenvalue weighted by molar-refractivity contribution is -0.123. The van der Waals surface area contributed by atoms with Crippen molar-refractivity contribution < 1.29 is 9.90 Å². The Morgan fingerprint density at radius 2 is 1.76 bits per heavy atom. The molecule has 102 valence electrons. The maximum absolute atomic E-state index is 11.8. The number of amides is 1. The van der Waals surface area contributed by atoms with Gasteiger partial charge in [-0.1, -0.05) is 41.5 Å². The van der Waals surface area contributed by atoms with Gasteiger partial charge in [0.25, 0.3) is 0 Å². The van der Waals surface area contributed by atoms with Gasteiger partial charge < -0.3 is 10.4 Å². The molecule has 0 spiro atoms. The predicted octanol–water partition coefficient (Wildman–Crippen LogP) is 2.58. The summed E-state index contributed by atoms with van der Waals surface area (Å²) in [6, 6.07) is -0.102. The molecule has 0 rings (SSSR count). The molecule has 0 saturated heterocycles. The standard InChI is InChI=1S/C14H29NO2/c1-10(2)7-12(9-16)15-13(17)8-11(3)14(4,5)6/h10-12,16H,7-9H2,1-6H3,(H,15,17). The molecular formula is C14H29NO2. The Kier molecular flexibility index (Phi) is 6.76. The number of aliphatic hydroxyl groups is 1. The van der Waals surface area contributed by atoms with Crippen molar-refractivity contribution in [2.75, 3.05) is 6.61 Å². The normalized spacial score (nSPS) is 15.8. The number of carbonyl (C=O) groups excluding carboxylic acids is 1. The largest absolute Gasteiger partial charge is 0.394 e. The van der Waals surface area contributed by atoms with E-state index in [4.69, 9.17) is 0 Å². The summed E-state index contributed by atoms with van der Waals surface area (Å²) >= 11 is 0. The van der Waals surface area contributed by atoms with E-state index in [1.165, 1.54) is 0 Å². The summed E-state index contributed by atoms with van der Waals surface area (Å²) in [5.74, 6) is 0.862. The first-order valence-electron chi connectivity index (χ1n) is 6.57. The minimum atomic E-state index is -0.102. The Bertz CT molecular complexity index is 231. The Hall–Kier alpha value is -0.570. The number of nitrogens with one attached hydrogen (secondary N) is 1. The maximum atomic E-state index is 11.8. The van der Waals surface area contributed by atoms with E-state index in [0.717, 1.165) is 6.42 Å². The topological polar surface area (TPSA) is 49.3 Å². The smallest absolute Gasteiger partial charge is 0.220 e. The van der Waals surface area contributed by atoms with Crippen LogP contribution in [0.2, 0.25) is 0 Å².